The fourth-order valence-electron chi connectivity index (χ4n) is 4.31. The van der Waals surface area contributed by atoms with Crippen LogP contribution in [0.25, 0.3) is 0 Å². The Bertz CT molecular complexity index is 683. The standard InChI is InChI=1S/C21H28N2O4/c24-18-6-11-21(22-18,13-8-20(26)27)12-7-19(25)23-14-9-17(10-15-23)16-4-2-1-3-5-16/h1-5,17H,6-15H2,(H,22,24)(H,26,27)/t21-/m1/s1. The van der Waals surface area contributed by atoms with Gasteiger partial charge in [0.1, 0.15) is 0 Å². The summed E-state index contributed by atoms with van der Waals surface area (Å²) >= 11 is 0. The Labute approximate surface area is 159 Å². The van der Waals surface area contributed by atoms with Crippen LogP contribution in [-0.2, 0) is 14.4 Å². The number of carboxylic acids is 1. The highest BCUT2D eigenvalue weighted by Crippen LogP contribution is 2.32. The van der Waals surface area contributed by atoms with Crippen LogP contribution >= 0.6 is 0 Å². The maximum absolute atomic E-state index is 12.7. The molecule has 27 heavy (non-hydrogen) atoms. The number of hydrogen-bond donors (Lipinski definition) is 2. The van der Waals surface area contributed by atoms with Crippen molar-refractivity contribution >= 4 is 17.8 Å². The van der Waals surface area contributed by atoms with Crippen molar-refractivity contribution in [3.63, 3.8) is 0 Å². The van der Waals surface area contributed by atoms with Crippen LogP contribution in [0, 0.1) is 0 Å². The molecule has 2 fully saturated rings. The first-order chi connectivity index (χ1) is 13.0. The maximum Gasteiger partial charge on any atom is 0.303 e. The third-order valence-electron chi connectivity index (χ3n) is 5.99. The second-order valence-electron chi connectivity index (χ2n) is 7.79. The van der Waals surface area contributed by atoms with E-state index in [9.17, 15) is 14.4 Å². The van der Waals surface area contributed by atoms with E-state index in [1.54, 1.807) is 0 Å². The number of rotatable bonds is 7. The smallest absolute Gasteiger partial charge is 0.303 e. The Hall–Kier alpha value is -2.37. The Morgan fingerprint density at radius 3 is 2.37 bits per heavy atom. The second kappa shape index (κ2) is 8.55. The van der Waals surface area contributed by atoms with Gasteiger partial charge in [-0.15, -0.1) is 0 Å². The van der Waals surface area contributed by atoms with Crippen molar-refractivity contribution in [1.82, 2.24) is 10.2 Å². The molecule has 1 atom stereocenters. The molecule has 3 rings (SSSR count). The Balaban J connectivity index is 1.50. The van der Waals surface area contributed by atoms with Crippen LogP contribution in [0.4, 0.5) is 0 Å². The number of benzene rings is 1. The largest absolute Gasteiger partial charge is 0.481 e. The van der Waals surface area contributed by atoms with Crippen LogP contribution < -0.4 is 5.32 Å². The highest BCUT2D eigenvalue weighted by molar-refractivity contribution is 5.80. The molecular weight excluding hydrogens is 344 g/mol. The molecule has 2 saturated heterocycles. The van der Waals surface area contributed by atoms with Gasteiger partial charge in [-0.3, -0.25) is 14.4 Å². The molecule has 0 aliphatic carbocycles. The summed E-state index contributed by atoms with van der Waals surface area (Å²) in [6.45, 7) is 1.51. The number of carboxylic acid groups (broad SMARTS) is 1. The highest BCUT2D eigenvalue weighted by atomic mass is 16.4. The lowest BCUT2D eigenvalue weighted by molar-refractivity contribution is -0.137. The molecular formula is C21H28N2O4. The summed E-state index contributed by atoms with van der Waals surface area (Å²) in [5, 5.41) is 11.9. The zero-order valence-corrected chi connectivity index (χ0v) is 15.7. The number of piperidine rings is 1. The van der Waals surface area contributed by atoms with Crippen molar-refractivity contribution in [2.45, 2.75) is 62.8 Å². The predicted molar refractivity (Wildman–Crippen MR) is 101 cm³/mol. The zero-order valence-electron chi connectivity index (χ0n) is 15.7. The molecule has 0 bridgehead atoms. The van der Waals surface area contributed by atoms with E-state index in [1.165, 1.54) is 5.56 Å². The monoisotopic (exact) mass is 372 g/mol. The van der Waals surface area contributed by atoms with E-state index in [0.29, 0.717) is 38.0 Å². The van der Waals surface area contributed by atoms with Crippen molar-refractivity contribution in [3.05, 3.63) is 35.9 Å². The van der Waals surface area contributed by atoms with E-state index in [1.807, 2.05) is 11.0 Å². The molecule has 146 valence electrons. The number of carbonyl (C=O) groups excluding carboxylic acids is 2. The van der Waals surface area contributed by atoms with E-state index in [0.717, 1.165) is 25.9 Å². The molecule has 0 spiro atoms. The SMILES string of the molecule is O=C(O)CC[C@]1(CCC(=O)N2CCC(c3ccccc3)CC2)CCC(=O)N1. The number of nitrogens with zero attached hydrogens (tertiary/aromatic N) is 1. The summed E-state index contributed by atoms with van der Waals surface area (Å²) < 4.78 is 0. The number of nitrogens with one attached hydrogen (secondary N) is 1. The third-order valence-corrected chi connectivity index (χ3v) is 5.99. The molecule has 0 aromatic heterocycles. The summed E-state index contributed by atoms with van der Waals surface area (Å²) in [4.78, 5) is 37.2. The van der Waals surface area contributed by atoms with Crippen molar-refractivity contribution in [3.8, 4) is 0 Å². The first kappa shape index (κ1) is 19.4. The van der Waals surface area contributed by atoms with Gasteiger partial charge in [0.15, 0.2) is 0 Å². The number of aliphatic carboxylic acids is 1. The van der Waals surface area contributed by atoms with Gasteiger partial charge in [-0.25, -0.2) is 0 Å². The van der Waals surface area contributed by atoms with Gasteiger partial charge in [0, 0.05) is 37.9 Å². The summed E-state index contributed by atoms with van der Waals surface area (Å²) in [5.74, 6) is -0.301. The minimum Gasteiger partial charge on any atom is -0.481 e. The van der Waals surface area contributed by atoms with Gasteiger partial charge in [0.05, 0.1) is 0 Å². The van der Waals surface area contributed by atoms with Crippen LogP contribution in [0.2, 0.25) is 0 Å². The Morgan fingerprint density at radius 1 is 1.11 bits per heavy atom. The molecule has 2 N–H and O–H groups in total. The molecule has 0 radical (unpaired) electrons. The van der Waals surface area contributed by atoms with Gasteiger partial charge in [-0.1, -0.05) is 30.3 Å². The number of hydrogen-bond acceptors (Lipinski definition) is 3. The maximum atomic E-state index is 12.7. The van der Waals surface area contributed by atoms with Gasteiger partial charge < -0.3 is 15.3 Å². The molecule has 6 nitrogen and oxygen atoms in total. The average Bonchev–Trinajstić information content (AvgIpc) is 3.07. The molecule has 1 aromatic carbocycles. The average molecular weight is 372 g/mol. The lowest BCUT2D eigenvalue weighted by Crippen LogP contribution is -2.44. The molecule has 1 aromatic rings. The van der Waals surface area contributed by atoms with Crippen LogP contribution in [0.5, 0.6) is 0 Å². The van der Waals surface area contributed by atoms with Gasteiger partial charge in [-0.2, -0.15) is 0 Å². The van der Waals surface area contributed by atoms with E-state index in [4.69, 9.17) is 5.11 Å². The Morgan fingerprint density at radius 2 is 1.78 bits per heavy atom. The lowest BCUT2D eigenvalue weighted by atomic mass is 9.86. The fourth-order valence-corrected chi connectivity index (χ4v) is 4.31. The third kappa shape index (κ3) is 5.08. The predicted octanol–water partition coefficient (Wildman–Crippen LogP) is 2.69. The van der Waals surface area contributed by atoms with Crippen molar-refractivity contribution in [2.24, 2.45) is 0 Å². The van der Waals surface area contributed by atoms with Gasteiger partial charge in [0.2, 0.25) is 11.8 Å². The Kier molecular flexibility index (Phi) is 6.14. The van der Waals surface area contributed by atoms with Gasteiger partial charge in [-0.05, 0) is 43.6 Å². The second-order valence-corrected chi connectivity index (χ2v) is 7.79. The zero-order chi connectivity index (χ0) is 19.3. The molecule has 2 amide bonds. The molecule has 0 unspecified atom stereocenters. The molecule has 2 aliphatic rings. The lowest BCUT2D eigenvalue weighted by Gasteiger charge is -2.34. The van der Waals surface area contributed by atoms with Crippen LogP contribution in [0.3, 0.4) is 0 Å². The van der Waals surface area contributed by atoms with E-state index >= 15 is 0 Å². The van der Waals surface area contributed by atoms with Gasteiger partial charge in [0.25, 0.3) is 0 Å². The normalized spacial score (nSPS) is 23.3. The topological polar surface area (TPSA) is 86.7 Å². The highest BCUT2D eigenvalue weighted by Gasteiger charge is 2.38. The molecule has 2 aliphatic heterocycles. The summed E-state index contributed by atoms with van der Waals surface area (Å²) in [7, 11) is 0. The van der Waals surface area contributed by atoms with Crippen LogP contribution in [0.1, 0.15) is 62.8 Å². The van der Waals surface area contributed by atoms with Crippen molar-refractivity contribution in [1.29, 1.82) is 0 Å². The number of carbonyl (C=O) groups is 3. The van der Waals surface area contributed by atoms with Crippen molar-refractivity contribution in [2.75, 3.05) is 13.1 Å². The number of amides is 2. The first-order valence-electron chi connectivity index (χ1n) is 9.83. The van der Waals surface area contributed by atoms with E-state index in [2.05, 4.69) is 29.6 Å². The van der Waals surface area contributed by atoms with E-state index in [-0.39, 0.29) is 18.2 Å². The van der Waals surface area contributed by atoms with Gasteiger partial charge >= 0.3 is 5.97 Å². The summed E-state index contributed by atoms with van der Waals surface area (Å²) in [6.07, 6.45) is 4.24. The molecule has 0 saturated carbocycles. The quantitative estimate of drug-likeness (QED) is 0.770. The number of likely N-dealkylation sites (tertiary alicyclic amines) is 1. The van der Waals surface area contributed by atoms with Crippen LogP contribution in [-0.4, -0.2) is 46.4 Å². The minimum absolute atomic E-state index is 0.0109. The first-order valence-corrected chi connectivity index (χ1v) is 9.83. The van der Waals surface area contributed by atoms with Crippen LogP contribution in [0.15, 0.2) is 30.3 Å². The molecule has 2 heterocycles. The summed E-state index contributed by atoms with van der Waals surface area (Å²) in [5.41, 5.74) is 0.805. The van der Waals surface area contributed by atoms with Crippen molar-refractivity contribution < 1.29 is 19.5 Å². The fraction of sp³-hybridized carbons (Fsp3) is 0.571. The minimum atomic E-state index is -0.871. The molecule has 6 heteroatoms. The summed E-state index contributed by atoms with van der Waals surface area (Å²) in [6, 6.07) is 10.4. The van der Waals surface area contributed by atoms with E-state index < -0.39 is 11.5 Å².